The molecule has 138 valence electrons. The molecule has 1 N–H and O–H groups in total. The topological polar surface area (TPSA) is 64.6 Å². The molecule has 0 radical (unpaired) electrons. The van der Waals surface area contributed by atoms with Crippen LogP contribution in [0.5, 0.6) is 5.75 Å². The molecule has 0 saturated carbocycles. The summed E-state index contributed by atoms with van der Waals surface area (Å²) in [6.07, 6.45) is 0. The van der Waals surface area contributed by atoms with Crippen LogP contribution in [0.1, 0.15) is 16.7 Å². The molecule has 7 heteroatoms. The number of hydrogen-bond acceptors (Lipinski definition) is 4. The molecule has 0 aliphatic heterocycles. The summed E-state index contributed by atoms with van der Waals surface area (Å²) in [6.45, 7) is 4.80. The van der Waals surface area contributed by atoms with Crippen molar-refractivity contribution in [1.29, 1.82) is 0 Å². The Morgan fingerprint density at radius 2 is 1.62 bits per heavy atom. The first-order valence-corrected chi connectivity index (χ1v) is 7.87. The van der Waals surface area contributed by atoms with E-state index in [1.807, 2.05) is 32.9 Å². The fraction of sp³-hybridized carbons (Fsp3) is 0.263. The van der Waals surface area contributed by atoms with Crippen molar-refractivity contribution in [3.63, 3.8) is 0 Å². The second-order valence-electron chi connectivity index (χ2n) is 5.85. The van der Waals surface area contributed by atoms with Crippen LogP contribution in [0.4, 0.5) is 14.5 Å². The van der Waals surface area contributed by atoms with Gasteiger partial charge in [-0.25, -0.2) is 13.6 Å². The molecule has 0 spiro atoms. The number of aryl methyl sites for hydroxylation is 3. The van der Waals surface area contributed by atoms with Crippen molar-refractivity contribution in [2.45, 2.75) is 20.8 Å². The van der Waals surface area contributed by atoms with Crippen LogP contribution in [0.15, 0.2) is 30.3 Å². The summed E-state index contributed by atoms with van der Waals surface area (Å²) in [5.41, 5.74) is 2.94. The van der Waals surface area contributed by atoms with Gasteiger partial charge in [0.1, 0.15) is 5.75 Å². The molecule has 0 fully saturated rings. The van der Waals surface area contributed by atoms with E-state index < -0.39 is 30.1 Å². The zero-order valence-electron chi connectivity index (χ0n) is 14.7. The van der Waals surface area contributed by atoms with Crippen molar-refractivity contribution in [1.82, 2.24) is 0 Å². The molecule has 2 aromatic rings. The highest BCUT2D eigenvalue weighted by molar-refractivity contribution is 5.92. The van der Waals surface area contributed by atoms with Crippen molar-refractivity contribution in [3.05, 3.63) is 58.7 Å². The average Bonchev–Trinajstić information content (AvgIpc) is 2.55. The minimum absolute atomic E-state index is 0.0621. The second kappa shape index (κ2) is 8.42. The third-order valence-corrected chi connectivity index (χ3v) is 3.51. The Balaban J connectivity index is 1.81. The maximum atomic E-state index is 13.1. The first kappa shape index (κ1) is 19.4. The summed E-state index contributed by atoms with van der Waals surface area (Å²) in [7, 11) is 0. The van der Waals surface area contributed by atoms with Crippen LogP contribution in [-0.2, 0) is 14.3 Å². The molecule has 0 aromatic heterocycles. The Labute approximate surface area is 149 Å². The van der Waals surface area contributed by atoms with Gasteiger partial charge in [0.2, 0.25) is 0 Å². The van der Waals surface area contributed by atoms with E-state index in [2.05, 4.69) is 5.32 Å². The normalized spacial score (nSPS) is 10.3. The highest BCUT2D eigenvalue weighted by Crippen LogP contribution is 2.24. The van der Waals surface area contributed by atoms with Crippen molar-refractivity contribution in [2.75, 3.05) is 18.5 Å². The van der Waals surface area contributed by atoms with E-state index in [1.165, 1.54) is 6.07 Å². The molecule has 0 saturated heterocycles. The van der Waals surface area contributed by atoms with Crippen LogP contribution in [0.25, 0.3) is 0 Å². The van der Waals surface area contributed by atoms with Gasteiger partial charge < -0.3 is 14.8 Å². The molecule has 0 unspecified atom stereocenters. The molecule has 0 bridgehead atoms. The van der Waals surface area contributed by atoms with Crippen molar-refractivity contribution >= 4 is 17.6 Å². The van der Waals surface area contributed by atoms with Gasteiger partial charge in [0, 0.05) is 11.8 Å². The quantitative estimate of drug-likeness (QED) is 0.799. The van der Waals surface area contributed by atoms with Gasteiger partial charge in [0.15, 0.2) is 24.8 Å². The zero-order valence-corrected chi connectivity index (χ0v) is 14.7. The molecule has 2 rings (SSSR count). The third-order valence-electron chi connectivity index (χ3n) is 3.51. The number of carbonyl (C=O) groups is 2. The lowest BCUT2D eigenvalue weighted by molar-refractivity contribution is -0.149. The van der Waals surface area contributed by atoms with Gasteiger partial charge in [-0.1, -0.05) is 17.7 Å². The Bertz CT molecular complexity index is 813. The van der Waals surface area contributed by atoms with E-state index in [9.17, 15) is 18.4 Å². The van der Waals surface area contributed by atoms with Crippen LogP contribution in [0, 0.1) is 32.4 Å². The van der Waals surface area contributed by atoms with Gasteiger partial charge in [-0.15, -0.1) is 0 Å². The van der Waals surface area contributed by atoms with Crippen LogP contribution >= 0.6 is 0 Å². The lowest BCUT2D eigenvalue weighted by Crippen LogP contribution is -2.24. The number of ether oxygens (including phenoxy) is 2. The molecular weight excluding hydrogens is 344 g/mol. The van der Waals surface area contributed by atoms with Gasteiger partial charge in [-0.3, -0.25) is 4.79 Å². The summed E-state index contributed by atoms with van der Waals surface area (Å²) in [5, 5.41) is 2.30. The zero-order chi connectivity index (χ0) is 19.3. The number of benzene rings is 2. The minimum Gasteiger partial charge on any atom is -0.481 e. The van der Waals surface area contributed by atoms with E-state index in [-0.39, 0.29) is 12.3 Å². The largest absolute Gasteiger partial charge is 0.481 e. The minimum atomic E-state index is -1.09. The number of anilines is 1. The van der Waals surface area contributed by atoms with E-state index >= 15 is 0 Å². The first-order chi connectivity index (χ1) is 12.3. The lowest BCUT2D eigenvalue weighted by atomic mass is 10.1. The first-order valence-electron chi connectivity index (χ1n) is 7.87. The third kappa shape index (κ3) is 5.27. The standard InChI is InChI=1S/C19H19F2NO4/c1-11-6-12(2)19(13(3)7-11)26-10-18(24)25-9-17(23)22-14-4-5-15(20)16(21)8-14/h4-8H,9-10H2,1-3H3,(H,22,23). The van der Waals surface area contributed by atoms with Crippen LogP contribution in [0.2, 0.25) is 0 Å². The number of rotatable bonds is 6. The van der Waals surface area contributed by atoms with Gasteiger partial charge in [0.25, 0.3) is 5.91 Å². The Hall–Kier alpha value is -2.96. The molecule has 1 amide bonds. The molecule has 0 atom stereocenters. The maximum Gasteiger partial charge on any atom is 0.344 e. The highest BCUT2D eigenvalue weighted by atomic mass is 19.2. The highest BCUT2D eigenvalue weighted by Gasteiger charge is 2.12. The van der Waals surface area contributed by atoms with Gasteiger partial charge >= 0.3 is 5.97 Å². The fourth-order valence-electron chi connectivity index (χ4n) is 2.48. The number of hydrogen-bond donors (Lipinski definition) is 1. The number of esters is 1. The summed E-state index contributed by atoms with van der Waals surface area (Å²) in [4.78, 5) is 23.4. The molecule has 5 nitrogen and oxygen atoms in total. The summed E-state index contributed by atoms with van der Waals surface area (Å²) >= 11 is 0. The van der Waals surface area contributed by atoms with Crippen molar-refractivity contribution in [3.8, 4) is 5.75 Å². The summed E-state index contributed by atoms with van der Waals surface area (Å²) < 4.78 is 36.2. The lowest BCUT2D eigenvalue weighted by Gasteiger charge is -2.12. The predicted octanol–water partition coefficient (Wildman–Crippen LogP) is 3.45. The molecule has 0 heterocycles. The SMILES string of the molecule is Cc1cc(C)c(OCC(=O)OCC(=O)Nc2ccc(F)c(F)c2)c(C)c1. The Kier molecular flexibility index (Phi) is 6.27. The van der Waals surface area contributed by atoms with Crippen LogP contribution in [-0.4, -0.2) is 25.1 Å². The van der Waals surface area contributed by atoms with Crippen LogP contribution in [0.3, 0.4) is 0 Å². The molecular formula is C19H19F2NO4. The van der Waals surface area contributed by atoms with Gasteiger partial charge in [-0.05, 0) is 44.0 Å². The molecule has 0 aliphatic rings. The number of halogens is 2. The molecule has 0 aliphatic carbocycles. The van der Waals surface area contributed by atoms with Gasteiger partial charge in [0.05, 0.1) is 0 Å². The van der Waals surface area contributed by atoms with E-state index in [1.54, 1.807) is 0 Å². The monoisotopic (exact) mass is 363 g/mol. The number of carbonyl (C=O) groups excluding carboxylic acids is 2. The van der Waals surface area contributed by atoms with Crippen molar-refractivity contribution in [2.24, 2.45) is 0 Å². The maximum absolute atomic E-state index is 13.1. The molecule has 2 aromatic carbocycles. The second-order valence-corrected chi connectivity index (χ2v) is 5.85. The predicted molar refractivity (Wildman–Crippen MR) is 92.1 cm³/mol. The summed E-state index contributed by atoms with van der Waals surface area (Å²) in [6, 6.07) is 6.79. The smallest absolute Gasteiger partial charge is 0.344 e. The summed E-state index contributed by atoms with van der Waals surface area (Å²) in [5.74, 6) is -2.90. The number of amides is 1. The Morgan fingerprint density at radius 3 is 2.23 bits per heavy atom. The fourth-order valence-corrected chi connectivity index (χ4v) is 2.48. The number of nitrogens with one attached hydrogen (secondary N) is 1. The average molecular weight is 363 g/mol. The molecule has 26 heavy (non-hydrogen) atoms. The van der Waals surface area contributed by atoms with Crippen molar-refractivity contribution < 1.29 is 27.8 Å². The Morgan fingerprint density at radius 1 is 0.962 bits per heavy atom. The van der Waals surface area contributed by atoms with Gasteiger partial charge in [-0.2, -0.15) is 0 Å². The van der Waals surface area contributed by atoms with E-state index in [0.29, 0.717) is 5.75 Å². The van der Waals surface area contributed by atoms with E-state index in [4.69, 9.17) is 9.47 Å². The van der Waals surface area contributed by atoms with E-state index in [0.717, 1.165) is 28.8 Å². The van der Waals surface area contributed by atoms with Crippen LogP contribution < -0.4 is 10.1 Å².